The minimum absolute atomic E-state index is 0.174. The van der Waals surface area contributed by atoms with Crippen LogP contribution in [0.25, 0.3) is 17.1 Å². The van der Waals surface area contributed by atoms with E-state index in [-0.39, 0.29) is 18.4 Å². The minimum atomic E-state index is -0.411. The molecule has 0 spiro atoms. The highest BCUT2D eigenvalue weighted by molar-refractivity contribution is 7.99. The molecule has 33 heavy (non-hydrogen) atoms. The third-order valence-electron chi connectivity index (χ3n) is 5.50. The van der Waals surface area contributed by atoms with Crippen LogP contribution in [0.4, 0.5) is 4.79 Å². The van der Waals surface area contributed by atoms with Gasteiger partial charge in [0.1, 0.15) is 5.75 Å². The van der Waals surface area contributed by atoms with Crippen LogP contribution in [0.5, 0.6) is 5.75 Å². The lowest BCUT2D eigenvalue weighted by Crippen LogP contribution is -2.43. The number of rotatable bonds is 8. The molecule has 1 aliphatic rings. The number of methoxy groups -OCH3 is 1. The normalized spacial score (nSPS) is 13.6. The molecule has 9 heteroatoms. The molecule has 0 aliphatic heterocycles. The largest absolute Gasteiger partial charge is 0.497 e. The average Bonchev–Trinajstić information content (AvgIpc) is 3.49. The summed E-state index contributed by atoms with van der Waals surface area (Å²) in [6.07, 6.45) is 4.39. The van der Waals surface area contributed by atoms with E-state index in [1.54, 1.807) is 7.11 Å². The van der Waals surface area contributed by atoms with E-state index in [0.717, 1.165) is 42.7 Å². The molecule has 2 aromatic carbocycles. The van der Waals surface area contributed by atoms with Gasteiger partial charge in [-0.05, 0) is 49.2 Å². The number of benzene rings is 2. The number of urea groups is 1. The van der Waals surface area contributed by atoms with Gasteiger partial charge >= 0.3 is 6.03 Å². The van der Waals surface area contributed by atoms with Crippen LogP contribution >= 0.6 is 11.8 Å². The molecule has 2 N–H and O–H groups in total. The molecule has 1 heterocycles. The Hall–Kier alpha value is -3.33. The summed E-state index contributed by atoms with van der Waals surface area (Å²) in [6.45, 7) is 0. The molecule has 0 radical (unpaired) electrons. The number of nitrogens with one attached hydrogen (secondary N) is 2. The molecule has 0 saturated heterocycles. The summed E-state index contributed by atoms with van der Waals surface area (Å²) in [5, 5.41) is 14.7. The number of imide groups is 1. The molecule has 172 valence electrons. The molecule has 1 saturated carbocycles. The standard InChI is InChI=1S/C24H27N5O3S/c1-32-20-13-11-17(12-14-20)22-27-28-24(29(22)19-9-3-2-4-10-19)33-16-15-21(30)26-23(31)25-18-7-5-6-8-18/h2-4,9-14,18H,5-8,15-16H2,1H3,(H2,25,26,30,31). The highest BCUT2D eigenvalue weighted by Crippen LogP contribution is 2.29. The van der Waals surface area contributed by atoms with E-state index in [1.165, 1.54) is 11.8 Å². The van der Waals surface area contributed by atoms with Crippen LogP contribution < -0.4 is 15.4 Å². The van der Waals surface area contributed by atoms with Gasteiger partial charge in [0, 0.05) is 29.5 Å². The van der Waals surface area contributed by atoms with Crippen molar-refractivity contribution in [2.45, 2.75) is 43.3 Å². The number of nitrogens with zero attached hydrogens (tertiary/aromatic N) is 3. The number of hydrogen-bond acceptors (Lipinski definition) is 6. The highest BCUT2D eigenvalue weighted by atomic mass is 32.2. The van der Waals surface area contributed by atoms with Crippen LogP contribution in [-0.4, -0.2) is 45.6 Å². The fraction of sp³-hybridized carbons (Fsp3) is 0.333. The Balaban J connectivity index is 1.42. The predicted octanol–water partition coefficient (Wildman–Crippen LogP) is 4.19. The van der Waals surface area contributed by atoms with E-state index in [2.05, 4.69) is 20.8 Å². The third-order valence-corrected chi connectivity index (χ3v) is 6.43. The van der Waals surface area contributed by atoms with Gasteiger partial charge in [-0.3, -0.25) is 14.7 Å². The summed E-state index contributed by atoms with van der Waals surface area (Å²) in [5.41, 5.74) is 1.83. The number of para-hydroxylation sites is 1. The molecule has 1 aromatic heterocycles. The van der Waals surface area contributed by atoms with Crippen LogP contribution in [0.3, 0.4) is 0 Å². The summed E-state index contributed by atoms with van der Waals surface area (Å²) in [6, 6.07) is 17.2. The van der Waals surface area contributed by atoms with Crippen molar-refractivity contribution in [1.82, 2.24) is 25.4 Å². The second-order valence-electron chi connectivity index (χ2n) is 7.81. The topological polar surface area (TPSA) is 98.1 Å². The Morgan fingerprint density at radius 3 is 2.48 bits per heavy atom. The van der Waals surface area contributed by atoms with Crippen molar-refractivity contribution in [3.63, 3.8) is 0 Å². The summed E-state index contributed by atoms with van der Waals surface area (Å²) < 4.78 is 7.22. The molecule has 0 bridgehead atoms. The van der Waals surface area contributed by atoms with Crippen molar-refractivity contribution in [3.05, 3.63) is 54.6 Å². The Morgan fingerprint density at radius 1 is 1.06 bits per heavy atom. The smallest absolute Gasteiger partial charge is 0.321 e. The van der Waals surface area contributed by atoms with Crippen LogP contribution in [0.2, 0.25) is 0 Å². The van der Waals surface area contributed by atoms with E-state index in [9.17, 15) is 9.59 Å². The van der Waals surface area contributed by atoms with Crippen molar-refractivity contribution in [1.29, 1.82) is 0 Å². The van der Waals surface area contributed by atoms with Gasteiger partial charge in [-0.1, -0.05) is 42.8 Å². The van der Waals surface area contributed by atoms with E-state index in [0.29, 0.717) is 16.7 Å². The van der Waals surface area contributed by atoms with Crippen LogP contribution in [0, 0.1) is 0 Å². The minimum Gasteiger partial charge on any atom is -0.497 e. The quantitative estimate of drug-likeness (QED) is 0.484. The summed E-state index contributed by atoms with van der Waals surface area (Å²) in [5.74, 6) is 1.63. The van der Waals surface area contributed by atoms with Gasteiger partial charge in [0.25, 0.3) is 0 Å². The molecular formula is C24H27N5O3S. The number of amides is 3. The molecule has 3 amide bonds. The van der Waals surface area contributed by atoms with Gasteiger partial charge in [-0.25, -0.2) is 4.79 Å². The maximum atomic E-state index is 12.2. The maximum absolute atomic E-state index is 12.2. The van der Waals surface area contributed by atoms with Crippen LogP contribution in [0.15, 0.2) is 59.8 Å². The Kier molecular flexibility index (Phi) is 7.62. The number of hydrogen-bond donors (Lipinski definition) is 2. The first kappa shape index (κ1) is 22.8. The molecule has 1 fully saturated rings. The highest BCUT2D eigenvalue weighted by Gasteiger charge is 2.19. The number of aromatic nitrogens is 3. The van der Waals surface area contributed by atoms with E-state index >= 15 is 0 Å². The van der Waals surface area contributed by atoms with Crippen molar-refractivity contribution < 1.29 is 14.3 Å². The zero-order chi connectivity index (χ0) is 23.0. The van der Waals surface area contributed by atoms with Gasteiger partial charge in [0.15, 0.2) is 11.0 Å². The van der Waals surface area contributed by atoms with Gasteiger partial charge < -0.3 is 10.1 Å². The number of thioether (sulfide) groups is 1. The number of carbonyl (C=O) groups excluding carboxylic acids is 2. The SMILES string of the molecule is COc1ccc(-c2nnc(SCCC(=O)NC(=O)NC3CCCC3)n2-c2ccccc2)cc1. The number of ether oxygens (including phenoxy) is 1. The van der Waals surface area contributed by atoms with Crippen LogP contribution in [0.1, 0.15) is 32.1 Å². The maximum Gasteiger partial charge on any atom is 0.321 e. The zero-order valence-electron chi connectivity index (χ0n) is 18.5. The summed E-state index contributed by atoms with van der Waals surface area (Å²) in [7, 11) is 1.63. The molecule has 0 atom stereocenters. The van der Waals surface area contributed by atoms with Crippen molar-refractivity contribution >= 4 is 23.7 Å². The number of carbonyl (C=O) groups is 2. The fourth-order valence-corrected chi connectivity index (χ4v) is 4.71. The first-order valence-electron chi connectivity index (χ1n) is 11.0. The molecule has 3 aromatic rings. The molecule has 0 unspecified atom stereocenters. The molecule has 1 aliphatic carbocycles. The Labute approximate surface area is 197 Å². The molecule has 8 nitrogen and oxygen atoms in total. The fourth-order valence-electron chi connectivity index (χ4n) is 3.82. The van der Waals surface area contributed by atoms with Crippen molar-refractivity contribution in [2.24, 2.45) is 0 Å². The summed E-state index contributed by atoms with van der Waals surface area (Å²) >= 11 is 1.43. The zero-order valence-corrected chi connectivity index (χ0v) is 19.3. The van der Waals surface area contributed by atoms with Gasteiger partial charge in [-0.15, -0.1) is 10.2 Å². The van der Waals surface area contributed by atoms with E-state index in [1.807, 2.05) is 59.2 Å². The van der Waals surface area contributed by atoms with Gasteiger partial charge in [0.2, 0.25) is 5.91 Å². The molecular weight excluding hydrogens is 438 g/mol. The Bertz CT molecular complexity index is 1080. The average molecular weight is 466 g/mol. The van der Waals surface area contributed by atoms with Crippen molar-refractivity contribution in [3.8, 4) is 22.8 Å². The van der Waals surface area contributed by atoms with E-state index in [4.69, 9.17) is 4.74 Å². The van der Waals surface area contributed by atoms with Crippen LogP contribution in [-0.2, 0) is 4.79 Å². The monoisotopic (exact) mass is 465 g/mol. The Morgan fingerprint density at radius 2 is 1.79 bits per heavy atom. The molecule has 4 rings (SSSR count). The predicted molar refractivity (Wildman–Crippen MR) is 128 cm³/mol. The second kappa shape index (κ2) is 11.0. The lowest BCUT2D eigenvalue weighted by molar-refractivity contribution is -0.119. The summed E-state index contributed by atoms with van der Waals surface area (Å²) in [4.78, 5) is 24.2. The van der Waals surface area contributed by atoms with Crippen molar-refractivity contribution in [2.75, 3.05) is 12.9 Å². The van der Waals surface area contributed by atoms with Gasteiger partial charge in [0.05, 0.1) is 7.11 Å². The lowest BCUT2D eigenvalue weighted by atomic mass is 10.2. The van der Waals surface area contributed by atoms with Gasteiger partial charge in [-0.2, -0.15) is 0 Å². The lowest BCUT2D eigenvalue weighted by Gasteiger charge is -2.12. The first-order chi connectivity index (χ1) is 16.1. The van der Waals surface area contributed by atoms with E-state index < -0.39 is 6.03 Å². The first-order valence-corrected chi connectivity index (χ1v) is 12.0. The third kappa shape index (κ3) is 5.92. The second-order valence-corrected chi connectivity index (χ2v) is 8.87.